The van der Waals surface area contributed by atoms with Gasteiger partial charge in [0.25, 0.3) is 11.6 Å². The van der Waals surface area contributed by atoms with Gasteiger partial charge in [-0.2, -0.15) is 4.98 Å². The van der Waals surface area contributed by atoms with Crippen molar-refractivity contribution in [2.24, 2.45) is 10.2 Å². The second-order valence-electron chi connectivity index (χ2n) is 4.16. The molecule has 1 N–H and O–H groups in total. The van der Waals surface area contributed by atoms with Crippen molar-refractivity contribution >= 4 is 22.8 Å². The SMILES string of the molecule is O=[N+]([O-])c1ccc(N=Nc2c(O)nc3ccccn23)cc1. The molecular weight excluding hydrogens is 274 g/mol. The minimum atomic E-state index is -0.489. The number of nitro groups is 1. The molecule has 0 saturated carbocycles. The zero-order valence-electron chi connectivity index (χ0n) is 10.6. The number of fused-ring (bicyclic) bond motifs is 1. The highest BCUT2D eigenvalue weighted by Gasteiger charge is 2.10. The van der Waals surface area contributed by atoms with Gasteiger partial charge in [0, 0.05) is 18.3 Å². The zero-order valence-corrected chi connectivity index (χ0v) is 10.6. The van der Waals surface area contributed by atoms with Gasteiger partial charge in [-0.1, -0.05) is 6.07 Å². The number of pyridine rings is 1. The highest BCUT2D eigenvalue weighted by molar-refractivity contribution is 5.55. The fourth-order valence-electron chi connectivity index (χ4n) is 1.81. The lowest BCUT2D eigenvalue weighted by molar-refractivity contribution is -0.384. The largest absolute Gasteiger partial charge is 0.491 e. The summed E-state index contributed by atoms with van der Waals surface area (Å²) in [6.07, 6.45) is 1.70. The summed E-state index contributed by atoms with van der Waals surface area (Å²) < 4.78 is 1.59. The van der Waals surface area contributed by atoms with E-state index in [1.54, 1.807) is 28.8 Å². The predicted molar refractivity (Wildman–Crippen MR) is 74.1 cm³/mol. The van der Waals surface area contributed by atoms with E-state index in [2.05, 4.69) is 15.2 Å². The standard InChI is InChI=1S/C13H9N5O3/c19-13-12(17-8-2-1-3-11(17)14-13)16-15-9-4-6-10(7-5-9)18(20)21/h1-8,19H. The third-order valence-corrected chi connectivity index (χ3v) is 2.81. The number of aromatic nitrogens is 2. The van der Waals surface area contributed by atoms with Gasteiger partial charge >= 0.3 is 0 Å². The summed E-state index contributed by atoms with van der Waals surface area (Å²) in [5.74, 6) is -0.0317. The molecule has 0 atom stereocenters. The van der Waals surface area contributed by atoms with Crippen molar-refractivity contribution in [1.82, 2.24) is 9.38 Å². The average Bonchev–Trinajstić information content (AvgIpc) is 2.81. The lowest BCUT2D eigenvalue weighted by atomic mass is 10.3. The Kier molecular flexibility index (Phi) is 3.03. The van der Waals surface area contributed by atoms with E-state index in [4.69, 9.17) is 0 Å². The second kappa shape index (κ2) is 5.00. The van der Waals surface area contributed by atoms with E-state index in [1.165, 1.54) is 24.3 Å². The third kappa shape index (κ3) is 2.41. The van der Waals surface area contributed by atoms with Gasteiger partial charge in [-0.25, -0.2) is 0 Å². The molecule has 0 saturated heterocycles. The summed E-state index contributed by atoms with van der Waals surface area (Å²) in [4.78, 5) is 14.0. The van der Waals surface area contributed by atoms with Crippen LogP contribution in [0.3, 0.4) is 0 Å². The van der Waals surface area contributed by atoms with Gasteiger partial charge < -0.3 is 5.11 Å². The summed E-state index contributed by atoms with van der Waals surface area (Å²) >= 11 is 0. The molecule has 0 fully saturated rings. The third-order valence-electron chi connectivity index (χ3n) is 2.81. The molecule has 2 heterocycles. The van der Waals surface area contributed by atoms with Crippen LogP contribution in [0.1, 0.15) is 0 Å². The van der Waals surface area contributed by atoms with E-state index < -0.39 is 4.92 Å². The van der Waals surface area contributed by atoms with Gasteiger partial charge in [-0.3, -0.25) is 14.5 Å². The average molecular weight is 283 g/mol. The van der Waals surface area contributed by atoms with Crippen LogP contribution in [-0.2, 0) is 0 Å². The van der Waals surface area contributed by atoms with Crippen molar-refractivity contribution in [1.29, 1.82) is 0 Å². The van der Waals surface area contributed by atoms with E-state index >= 15 is 0 Å². The van der Waals surface area contributed by atoms with E-state index in [1.807, 2.05) is 0 Å². The summed E-state index contributed by atoms with van der Waals surface area (Å²) in [5, 5.41) is 28.2. The van der Waals surface area contributed by atoms with Crippen LogP contribution >= 0.6 is 0 Å². The fourth-order valence-corrected chi connectivity index (χ4v) is 1.81. The highest BCUT2D eigenvalue weighted by Crippen LogP contribution is 2.29. The number of benzene rings is 1. The van der Waals surface area contributed by atoms with Crippen molar-refractivity contribution in [3.63, 3.8) is 0 Å². The smallest absolute Gasteiger partial charge is 0.269 e. The first kappa shape index (κ1) is 12.7. The normalized spacial score (nSPS) is 11.2. The van der Waals surface area contributed by atoms with Crippen LogP contribution < -0.4 is 0 Å². The van der Waals surface area contributed by atoms with Crippen LogP contribution in [0, 0.1) is 10.1 Å². The van der Waals surface area contributed by atoms with Gasteiger partial charge in [0.05, 0.1) is 10.6 Å². The molecule has 8 heteroatoms. The zero-order chi connectivity index (χ0) is 14.8. The van der Waals surface area contributed by atoms with Gasteiger partial charge in [-0.05, 0) is 24.3 Å². The number of imidazole rings is 1. The van der Waals surface area contributed by atoms with Crippen molar-refractivity contribution in [3.8, 4) is 5.88 Å². The van der Waals surface area contributed by atoms with Gasteiger partial charge in [0.2, 0.25) is 5.82 Å². The Labute approximate surface area is 118 Å². The van der Waals surface area contributed by atoms with Gasteiger partial charge in [-0.15, -0.1) is 10.2 Å². The first-order valence-corrected chi connectivity index (χ1v) is 5.97. The first-order valence-electron chi connectivity index (χ1n) is 5.97. The molecule has 0 amide bonds. The Balaban J connectivity index is 1.94. The Morgan fingerprint density at radius 2 is 1.90 bits per heavy atom. The van der Waals surface area contributed by atoms with Crippen molar-refractivity contribution in [3.05, 3.63) is 58.8 Å². The van der Waals surface area contributed by atoms with E-state index in [0.29, 0.717) is 11.3 Å². The quantitative estimate of drug-likeness (QED) is 0.452. The van der Waals surface area contributed by atoms with Crippen molar-refractivity contribution < 1.29 is 10.0 Å². The Hall–Kier alpha value is -3.29. The van der Waals surface area contributed by atoms with Crippen LogP contribution in [0.4, 0.5) is 17.2 Å². The molecule has 2 aromatic heterocycles. The van der Waals surface area contributed by atoms with Crippen LogP contribution in [0.25, 0.3) is 5.65 Å². The number of azo groups is 1. The van der Waals surface area contributed by atoms with Crippen LogP contribution in [0.15, 0.2) is 58.9 Å². The van der Waals surface area contributed by atoms with Crippen molar-refractivity contribution in [2.75, 3.05) is 0 Å². The molecule has 3 aromatic rings. The number of aromatic hydroxyl groups is 1. The molecule has 0 aliphatic carbocycles. The summed E-state index contributed by atoms with van der Waals surface area (Å²) in [6.45, 7) is 0. The Morgan fingerprint density at radius 1 is 1.14 bits per heavy atom. The van der Waals surface area contributed by atoms with Gasteiger partial charge in [0.15, 0.2) is 0 Å². The molecule has 1 aromatic carbocycles. The van der Waals surface area contributed by atoms with Crippen LogP contribution in [0.5, 0.6) is 5.88 Å². The van der Waals surface area contributed by atoms with E-state index in [9.17, 15) is 15.2 Å². The molecule has 21 heavy (non-hydrogen) atoms. The molecular formula is C13H9N5O3. The fraction of sp³-hybridized carbons (Fsp3) is 0. The van der Waals surface area contributed by atoms with Crippen LogP contribution in [-0.4, -0.2) is 19.4 Å². The maximum absolute atomic E-state index is 10.6. The number of hydrogen-bond acceptors (Lipinski definition) is 6. The maximum Gasteiger partial charge on any atom is 0.269 e. The van der Waals surface area contributed by atoms with Crippen LogP contribution in [0.2, 0.25) is 0 Å². The van der Waals surface area contributed by atoms with Crippen molar-refractivity contribution in [2.45, 2.75) is 0 Å². The Morgan fingerprint density at radius 3 is 2.62 bits per heavy atom. The second-order valence-corrected chi connectivity index (χ2v) is 4.16. The molecule has 8 nitrogen and oxygen atoms in total. The first-order chi connectivity index (χ1) is 10.1. The molecule has 0 unspecified atom stereocenters. The highest BCUT2D eigenvalue weighted by atomic mass is 16.6. The summed E-state index contributed by atoms with van der Waals surface area (Å²) in [5.41, 5.74) is 0.963. The molecule has 0 aliphatic rings. The number of nitro benzene ring substituents is 1. The monoisotopic (exact) mass is 283 g/mol. The molecule has 0 radical (unpaired) electrons. The number of hydrogen-bond donors (Lipinski definition) is 1. The molecule has 0 bridgehead atoms. The maximum atomic E-state index is 10.6. The molecule has 104 valence electrons. The summed E-state index contributed by atoms with van der Waals surface area (Å²) in [6, 6.07) is 10.9. The minimum absolute atomic E-state index is 0.0217. The lowest BCUT2D eigenvalue weighted by Gasteiger charge is -1.95. The summed E-state index contributed by atoms with van der Waals surface area (Å²) in [7, 11) is 0. The number of non-ortho nitro benzene ring substituents is 1. The van der Waals surface area contributed by atoms with E-state index in [-0.39, 0.29) is 17.4 Å². The molecule has 0 aliphatic heterocycles. The minimum Gasteiger partial charge on any atom is -0.491 e. The Bertz CT molecular complexity index is 839. The van der Waals surface area contributed by atoms with Gasteiger partial charge in [0.1, 0.15) is 5.65 Å². The molecule has 0 spiro atoms. The predicted octanol–water partition coefficient (Wildman–Crippen LogP) is 3.36. The molecule has 3 rings (SSSR count). The number of nitrogens with zero attached hydrogens (tertiary/aromatic N) is 5. The lowest BCUT2D eigenvalue weighted by Crippen LogP contribution is -1.85. The van der Waals surface area contributed by atoms with E-state index in [0.717, 1.165) is 0 Å². The number of rotatable bonds is 3. The topological polar surface area (TPSA) is 105 Å².